The second kappa shape index (κ2) is 8.75. The molecule has 3 nitrogen and oxygen atoms in total. The summed E-state index contributed by atoms with van der Waals surface area (Å²) in [5.74, 6) is 2.21. The van der Waals surface area contributed by atoms with Gasteiger partial charge in [0.2, 0.25) is 0 Å². The van der Waals surface area contributed by atoms with Gasteiger partial charge in [0.05, 0.1) is 6.61 Å². The number of hydrogen-bond acceptors (Lipinski definition) is 3. The highest BCUT2D eigenvalue weighted by atomic mass is 16.5. The molecule has 0 aliphatic rings. The van der Waals surface area contributed by atoms with E-state index in [9.17, 15) is 4.79 Å². The molecule has 0 aliphatic carbocycles. The molecule has 0 amide bonds. The minimum absolute atomic E-state index is 0.288. The van der Waals surface area contributed by atoms with Crippen molar-refractivity contribution in [1.29, 1.82) is 0 Å². The highest BCUT2D eigenvalue weighted by Gasteiger charge is 2.24. The molecule has 0 unspecified atom stereocenters. The largest absolute Gasteiger partial charge is 0.465 e. The van der Waals surface area contributed by atoms with Gasteiger partial charge in [0, 0.05) is 19.5 Å². The number of rotatable bonds is 8. The zero-order valence-electron chi connectivity index (χ0n) is 9.82. The van der Waals surface area contributed by atoms with E-state index >= 15 is 0 Å². The molecule has 0 radical (unpaired) electrons. The topological polar surface area (TPSA) is 29.5 Å². The average Bonchev–Trinajstić information content (AvgIpc) is 2.26. The fourth-order valence-corrected chi connectivity index (χ4v) is 1.37. The summed E-state index contributed by atoms with van der Waals surface area (Å²) in [6.45, 7) is 10.6. The number of carbonyl (C=O) groups excluding carboxylic acids is 1. The standard InChI is InChI=1S/C13H19NO2/c1-5-9-12(13(15)16-8-4)14(10-6-2)11-7-3/h1,6-7,12H,2-3,8-11H2,4H3/t12-/m0/s1. The van der Waals surface area contributed by atoms with Crippen LogP contribution in [0.5, 0.6) is 0 Å². The lowest BCUT2D eigenvalue weighted by atomic mass is 10.1. The lowest BCUT2D eigenvalue weighted by Gasteiger charge is -2.26. The van der Waals surface area contributed by atoms with Crippen molar-refractivity contribution in [2.75, 3.05) is 19.7 Å². The zero-order chi connectivity index (χ0) is 12.4. The Bertz CT molecular complexity index is 268. The first-order valence-corrected chi connectivity index (χ1v) is 5.27. The second-order valence-electron chi connectivity index (χ2n) is 3.21. The van der Waals surface area contributed by atoms with E-state index in [0.29, 0.717) is 26.1 Å². The molecule has 0 bridgehead atoms. The van der Waals surface area contributed by atoms with E-state index in [1.807, 2.05) is 4.90 Å². The number of hydrogen-bond donors (Lipinski definition) is 0. The van der Waals surface area contributed by atoms with Crippen molar-refractivity contribution in [3.63, 3.8) is 0 Å². The average molecular weight is 221 g/mol. The van der Waals surface area contributed by atoms with E-state index in [1.54, 1.807) is 19.1 Å². The summed E-state index contributed by atoms with van der Waals surface area (Å²) in [6.07, 6.45) is 9.05. The third kappa shape index (κ3) is 4.81. The maximum Gasteiger partial charge on any atom is 0.324 e. The Kier molecular flexibility index (Phi) is 7.92. The second-order valence-corrected chi connectivity index (χ2v) is 3.21. The van der Waals surface area contributed by atoms with Crippen LogP contribution in [0.2, 0.25) is 0 Å². The van der Waals surface area contributed by atoms with Gasteiger partial charge in [-0.15, -0.1) is 25.5 Å². The molecule has 1 atom stereocenters. The van der Waals surface area contributed by atoms with Crippen molar-refractivity contribution in [3.05, 3.63) is 25.3 Å². The SMILES string of the molecule is C#CC[C@@H](C(=O)OCC)N(CC=C)CC=C. The van der Waals surface area contributed by atoms with Gasteiger partial charge in [0.1, 0.15) is 6.04 Å². The Morgan fingerprint density at radius 3 is 2.44 bits per heavy atom. The van der Waals surface area contributed by atoms with Gasteiger partial charge in [-0.25, -0.2) is 0 Å². The summed E-state index contributed by atoms with van der Waals surface area (Å²) in [5, 5.41) is 0. The first-order chi connectivity index (χ1) is 7.71. The summed E-state index contributed by atoms with van der Waals surface area (Å²) in [6, 6.07) is -0.416. The van der Waals surface area contributed by atoms with Crippen molar-refractivity contribution in [3.8, 4) is 12.3 Å². The fourth-order valence-electron chi connectivity index (χ4n) is 1.37. The molecule has 0 N–H and O–H groups in total. The van der Waals surface area contributed by atoms with Gasteiger partial charge in [-0.2, -0.15) is 0 Å². The smallest absolute Gasteiger partial charge is 0.324 e. The highest BCUT2D eigenvalue weighted by molar-refractivity contribution is 5.76. The first-order valence-electron chi connectivity index (χ1n) is 5.27. The highest BCUT2D eigenvalue weighted by Crippen LogP contribution is 2.07. The van der Waals surface area contributed by atoms with Gasteiger partial charge >= 0.3 is 5.97 Å². The Morgan fingerprint density at radius 1 is 1.50 bits per heavy atom. The molecule has 0 aromatic rings. The first kappa shape index (κ1) is 14.5. The summed E-state index contributed by atoms with van der Waals surface area (Å²) < 4.78 is 4.99. The van der Waals surface area contributed by atoms with Gasteiger partial charge < -0.3 is 4.74 Å². The molecular formula is C13H19NO2. The van der Waals surface area contributed by atoms with Gasteiger partial charge in [-0.05, 0) is 6.92 Å². The maximum atomic E-state index is 11.7. The van der Waals surface area contributed by atoms with Crippen LogP contribution >= 0.6 is 0 Å². The quantitative estimate of drug-likeness (QED) is 0.354. The van der Waals surface area contributed by atoms with Crippen molar-refractivity contribution in [2.24, 2.45) is 0 Å². The number of nitrogens with zero attached hydrogens (tertiary/aromatic N) is 1. The number of carbonyl (C=O) groups is 1. The van der Waals surface area contributed by atoms with E-state index < -0.39 is 6.04 Å². The molecule has 0 fully saturated rings. The van der Waals surface area contributed by atoms with E-state index in [1.165, 1.54) is 0 Å². The predicted molar refractivity (Wildman–Crippen MR) is 65.8 cm³/mol. The summed E-state index contributed by atoms with van der Waals surface area (Å²) in [5.41, 5.74) is 0. The Morgan fingerprint density at radius 2 is 2.06 bits per heavy atom. The van der Waals surface area contributed by atoms with Crippen molar-refractivity contribution >= 4 is 5.97 Å². The minimum Gasteiger partial charge on any atom is -0.465 e. The Hall–Kier alpha value is -1.53. The van der Waals surface area contributed by atoms with Crippen LogP contribution in [-0.4, -0.2) is 36.6 Å². The van der Waals surface area contributed by atoms with Crippen LogP contribution in [0.25, 0.3) is 0 Å². The van der Waals surface area contributed by atoms with Crippen molar-refractivity contribution in [1.82, 2.24) is 4.90 Å². The maximum absolute atomic E-state index is 11.7. The third-order valence-corrected chi connectivity index (χ3v) is 2.04. The molecule has 0 aromatic carbocycles. The monoisotopic (exact) mass is 221 g/mol. The lowest BCUT2D eigenvalue weighted by Crippen LogP contribution is -2.42. The van der Waals surface area contributed by atoms with Crippen LogP contribution in [0.3, 0.4) is 0 Å². The molecule has 0 aliphatic heterocycles. The summed E-state index contributed by atoms with van der Waals surface area (Å²) in [4.78, 5) is 13.6. The molecule has 0 aromatic heterocycles. The Labute approximate surface area is 97.8 Å². The molecule has 0 saturated heterocycles. The van der Waals surface area contributed by atoms with Crippen LogP contribution in [0, 0.1) is 12.3 Å². The predicted octanol–water partition coefficient (Wildman–Crippen LogP) is 1.62. The van der Waals surface area contributed by atoms with Gasteiger partial charge in [-0.3, -0.25) is 9.69 Å². The number of ether oxygens (including phenoxy) is 1. The molecule has 88 valence electrons. The molecular weight excluding hydrogens is 202 g/mol. The molecule has 0 rings (SSSR count). The molecule has 0 saturated carbocycles. The Balaban J connectivity index is 4.67. The van der Waals surface area contributed by atoms with Gasteiger partial charge in [0.15, 0.2) is 0 Å². The molecule has 0 heterocycles. The van der Waals surface area contributed by atoms with Crippen LogP contribution in [0.4, 0.5) is 0 Å². The third-order valence-electron chi connectivity index (χ3n) is 2.04. The minimum atomic E-state index is -0.416. The van der Waals surface area contributed by atoms with E-state index in [-0.39, 0.29) is 5.97 Å². The fraction of sp³-hybridized carbons (Fsp3) is 0.462. The summed E-state index contributed by atoms with van der Waals surface area (Å²) in [7, 11) is 0. The van der Waals surface area contributed by atoms with Gasteiger partial charge in [-0.1, -0.05) is 12.2 Å². The van der Waals surface area contributed by atoms with E-state index in [4.69, 9.17) is 11.2 Å². The van der Waals surface area contributed by atoms with Gasteiger partial charge in [0.25, 0.3) is 0 Å². The van der Waals surface area contributed by atoms with Crippen LogP contribution in [0.1, 0.15) is 13.3 Å². The lowest BCUT2D eigenvalue weighted by molar-refractivity contribution is -0.149. The van der Waals surface area contributed by atoms with Crippen molar-refractivity contribution in [2.45, 2.75) is 19.4 Å². The van der Waals surface area contributed by atoms with E-state index in [0.717, 1.165) is 0 Å². The normalized spacial score (nSPS) is 11.6. The number of esters is 1. The zero-order valence-corrected chi connectivity index (χ0v) is 9.82. The molecule has 0 spiro atoms. The van der Waals surface area contributed by atoms with Crippen LogP contribution < -0.4 is 0 Å². The van der Waals surface area contributed by atoms with E-state index in [2.05, 4.69) is 19.1 Å². The molecule has 16 heavy (non-hydrogen) atoms. The van der Waals surface area contributed by atoms with Crippen molar-refractivity contribution < 1.29 is 9.53 Å². The molecule has 3 heteroatoms. The number of terminal acetylenes is 1. The van der Waals surface area contributed by atoms with Crippen LogP contribution in [-0.2, 0) is 9.53 Å². The summed E-state index contributed by atoms with van der Waals surface area (Å²) >= 11 is 0. The van der Waals surface area contributed by atoms with Crippen LogP contribution in [0.15, 0.2) is 25.3 Å².